The van der Waals surface area contributed by atoms with Gasteiger partial charge in [-0.25, -0.2) is 4.98 Å². The lowest BCUT2D eigenvalue weighted by Gasteiger charge is -2.20. The van der Waals surface area contributed by atoms with Crippen LogP contribution >= 0.6 is 0 Å². The molecule has 2 aromatic carbocycles. The average molecular weight is 436 g/mol. The summed E-state index contributed by atoms with van der Waals surface area (Å²) in [6.45, 7) is -0.238. The number of aliphatic hydroxyl groups is 1. The molecule has 0 aliphatic heterocycles. The fourth-order valence-corrected chi connectivity index (χ4v) is 3.73. The number of rotatable bonds is 12. The summed E-state index contributed by atoms with van der Waals surface area (Å²) in [4.78, 5) is 30.9. The summed E-state index contributed by atoms with van der Waals surface area (Å²) in [6, 6.07) is 17.9. The van der Waals surface area contributed by atoms with Gasteiger partial charge in [0.1, 0.15) is 0 Å². The highest BCUT2D eigenvalue weighted by Gasteiger charge is 2.24. The third-order valence-electron chi connectivity index (χ3n) is 5.46. The van der Waals surface area contributed by atoms with Gasteiger partial charge in [-0.2, -0.15) is 0 Å². The minimum absolute atomic E-state index is 0.235. The van der Waals surface area contributed by atoms with Crippen LogP contribution in [0.3, 0.4) is 0 Å². The van der Waals surface area contributed by atoms with Crippen LogP contribution < -0.4 is 5.32 Å². The van der Waals surface area contributed by atoms with Crippen molar-refractivity contribution in [3.8, 4) is 11.1 Å². The zero-order valence-corrected chi connectivity index (χ0v) is 17.9. The lowest BCUT2D eigenvalue weighted by Crippen LogP contribution is -2.43. The first-order valence-corrected chi connectivity index (χ1v) is 10.8. The number of carbonyl (C=O) groups excluding carboxylic acids is 1. The molecule has 32 heavy (non-hydrogen) atoms. The number of aryl methyl sites for hydroxylation is 1. The summed E-state index contributed by atoms with van der Waals surface area (Å²) in [5, 5.41) is 21.6. The second-order valence-electron chi connectivity index (χ2n) is 7.92. The molecule has 0 aliphatic carbocycles. The Morgan fingerprint density at radius 2 is 1.75 bits per heavy atom. The Hall–Kier alpha value is -3.45. The van der Waals surface area contributed by atoms with Crippen LogP contribution in [0.15, 0.2) is 67.1 Å². The summed E-state index contributed by atoms with van der Waals surface area (Å²) in [5.74, 6) is -2.00. The second-order valence-corrected chi connectivity index (χ2v) is 7.92. The van der Waals surface area contributed by atoms with Gasteiger partial charge in [-0.05, 0) is 36.0 Å². The molecular weight excluding hydrogens is 406 g/mol. The fourth-order valence-electron chi connectivity index (χ4n) is 3.73. The molecule has 1 amide bonds. The van der Waals surface area contributed by atoms with Crippen LogP contribution in [0.2, 0.25) is 0 Å². The first kappa shape index (κ1) is 23.2. The molecule has 3 rings (SSSR count). The van der Waals surface area contributed by atoms with E-state index >= 15 is 0 Å². The molecule has 0 spiro atoms. The third-order valence-corrected chi connectivity index (χ3v) is 5.46. The molecule has 0 saturated heterocycles. The van der Waals surface area contributed by atoms with Crippen molar-refractivity contribution in [1.82, 2.24) is 15.3 Å². The smallest absolute Gasteiger partial charge is 0.304 e. The molecule has 1 unspecified atom stereocenters. The largest absolute Gasteiger partial charge is 0.481 e. The number of H-pyrrole nitrogens is 1. The van der Waals surface area contributed by atoms with E-state index in [2.05, 4.69) is 51.7 Å². The van der Waals surface area contributed by atoms with Crippen molar-refractivity contribution in [3.63, 3.8) is 0 Å². The summed E-state index contributed by atoms with van der Waals surface area (Å²) in [5.41, 5.74) is 4.24. The third kappa shape index (κ3) is 7.06. The molecule has 1 heterocycles. The zero-order chi connectivity index (χ0) is 22.8. The van der Waals surface area contributed by atoms with Crippen molar-refractivity contribution >= 4 is 11.9 Å². The number of hydrogen-bond acceptors (Lipinski definition) is 4. The average Bonchev–Trinajstić information content (AvgIpc) is 3.32. The highest BCUT2D eigenvalue weighted by molar-refractivity contribution is 5.83. The second kappa shape index (κ2) is 11.8. The maximum absolute atomic E-state index is 12.7. The van der Waals surface area contributed by atoms with Gasteiger partial charge in [-0.15, -0.1) is 0 Å². The van der Waals surface area contributed by atoms with Gasteiger partial charge in [0.2, 0.25) is 5.91 Å². The standard InChI is InChI=1S/C25H29N3O4/c29-16-23(14-22-15-26-17-27-22)28-25(32)21(13-24(30)31)8-4-5-18-9-11-20(12-10-18)19-6-2-1-3-7-19/h1-3,6-7,9-12,15,17,21,23,29H,4-5,8,13-14,16H2,(H,26,27)(H,28,32)(H,30,31)/t21-,23?/m1/s1. The Morgan fingerprint density at radius 1 is 1.03 bits per heavy atom. The normalized spacial score (nSPS) is 12.8. The SMILES string of the molecule is O=C(O)C[C@@H](CCCc1ccc(-c2ccccc2)cc1)C(=O)NC(CO)Cc1cnc[nH]1. The number of nitrogens with one attached hydrogen (secondary N) is 2. The lowest BCUT2D eigenvalue weighted by atomic mass is 9.94. The van der Waals surface area contributed by atoms with Crippen LogP contribution in [-0.2, 0) is 22.4 Å². The highest BCUT2D eigenvalue weighted by Crippen LogP contribution is 2.21. The maximum Gasteiger partial charge on any atom is 0.304 e. The number of nitrogens with zero attached hydrogens (tertiary/aromatic N) is 1. The van der Waals surface area contributed by atoms with E-state index in [1.165, 1.54) is 6.33 Å². The molecule has 7 heteroatoms. The molecule has 0 aliphatic rings. The Morgan fingerprint density at radius 3 is 2.38 bits per heavy atom. The van der Waals surface area contributed by atoms with Crippen LogP contribution in [0.25, 0.3) is 11.1 Å². The number of hydrogen-bond donors (Lipinski definition) is 4. The van der Waals surface area contributed by atoms with E-state index in [0.717, 1.165) is 28.8 Å². The monoisotopic (exact) mass is 435 g/mol. The van der Waals surface area contributed by atoms with Crippen molar-refractivity contribution in [3.05, 3.63) is 78.4 Å². The summed E-state index contributed by atoms with van der Waals surface area (Å²) in [6.07, 6.45) is 5.24. The number of carboxylic acids is 1. The van der Waals surface area contributed by atoms with Gasteiger partial charge in [-0.3, -0.25) is 9.59 Å². The van der Waals surface area contributed by atoms with E-state index in [1.807, 2.05) is 18.2 Å². The Kier molecular flexibility index (Phi) is 8.57. The van der Waals surface area contributed by atoms with Crippen molar-refractivity contribution in [1.29, 1.82) is 0 Å². The van der Waals surface area contributed by atoms with Crippen LogP contribution in [0.5, 0.6) is 0 Å². The van der Waals surface area contributed by atoms with E-state index in [9.17, 15) is 19.8 Å². The first-order chi connectivity index (χ1) is 15.5. The molecule has 168 valence electrons. The summed E-state index contributed by atoms with van der Waals surface area (Å²) >= 11 is 0. The molecule has 3 aromatic rings. The number of amides is 1. The number of carbonyl (C=O) groups is 2. The Bertz CT molecular complexity index is 972. The molecule has 1 aromatic heterocycles. The number of aliphatic carboxylic acids is 1. The highest BCUT2D eigenvalue weighted by atomic mass is 16.4. The van der Waals surface area contributed by atoms with Crippen molar-refractivity contribution in [2.45, 2.75) is 38.1 Å². The van der Waals surface area contributed by atoms with Crippen molar-refractivity contribution in [2.75, 3.05) is 6.61 Å². The van der Waals surface area contributed by atoms with Gasteiger partial charge in [0.05, 0.1) is 25.4 Å². The zero-order valence-electron chi connectivity index (χ0n) is 17.9. The molecule has 0 fully saturated rings. The van der Waals surface area contributed by atoms with Gasteiger partial charge in [0.15, 0.2) is 0 Å². The van der Waals surface area contributed by atoms with E-state index < -0.39 is 17.9 Å². The van der Waals surface area contributed by atoms with E-state index in [4.69, 9.17) is 0 Å². The lowest BCUT2D eigenvalue weighted by molar-refractivity contribution is -0.141. The number of imidazole rings is 1. The van der Waals surface area contributed by atoms with Crippen LogP contribution in [0.4, 0.5) is 0 Å². The molecular formula is C25H29N3O4. The predicted octanol–water partition coefficient (Wildman–Crippen LogP) is 3.21. The summed E-state index contributed by atoms with van der Waals surface area (Å²) in [7, 11) is 0. The molecule has 2 atom stereocenters. The minimum Gasteiger partial charge on any atom is -0.481 e. The molecule has 0 radical (unpaired) electrons. The van der Waals surface area contributed by atoms with E-state index in [1.54, 1.807) is 6.20 Å². The van der Waals surface area contributed by atoms with Crippen LogP contribution in [0, 0.1) is 5.92 Å². The van der Waals surface area contributed by atoms with Crippen molar-refractivity contribution < 1.29 is 19.8 Å². The topological polar surface area (TPSA) is 115 Å². The number of benzene rings is 2. The van der Waals surface area contributed by atoms with Gasteiger partial charge in [0, 0.05) is 24.2 Å². The van der Waals surface area contributed by atoms with Gasteiger partial charge in [-0.1, -0.05) is 54.6 Å². The van der Waals surface area contributed by atoms with Crippen LogP contribution in [0.1, 0.15) is 30.5 Å². The molecule has 7 nitrogen and oxygen atoms in total. The predicted molar refractivity (Wildman–Crippen MR) is 122 cm³/mol. The molecule has 0 saturated carbocycles. The van der Waals surface area contributed by atoms with Crippen molar-refractivity contribution in [2.24, 2.45) is 5.92 Å². The fraction of sp³-hybridized carbons (Fsp3) is 0.320. The number of aromatic nitrogens is 2. The molecule has 0 bridgehead atoms. The van der Waals surface area contributed by atoms with Gasteiger partial charge < -0.3 is 20.5 Å². The Labute approximate surface area is 187 Å². The molecule has 4 N–H and O–H groups in total. The number of aliphatic hydroxyl groups excluding tert-OH is 1. The number of aromatic amines is 1. The summed E-state index contributed by atoms with van der Waals surface area (Å²) < 4.78 is 0. The van der Waals surface area contributed by atoms with E-state index in [-0.39, 0.29) is 18.9 Å². The van der Waals surface area contributed by atoms with E-state index in [0.29, 0.717) is 19.3 Å². The minimum atomic E-state index is -1.01. The number of carboxylic acid groups (broad SMARTS) is 1. The Balaban J connectivity index is 1.53. The maximum atomic E-state index is 12.7. The van der Waals surface area contributed by atoms with Gasteiger partial charge >= 0.3 is 5.97 Å². The van der Waals surface area contributed by atoms with Crippen LogP contribution in [-0.4, -0.2) is 44.7 Å². The quantitative estimate of drug-likeness (QED) is 0.349. The first-order valence-electron chi connectivity index (χ1n) is 10.8. The van der Waals surface area contributed by atoms with Gasteiger partial charge in [0.25, 0.3) is 0 Å².